The maximum atomic E-state index is 12.7. The van der Waals surface area contributed by atoms with Gasteiger partial charge in [-0.2, -0.15) is 5.43 Å². The summed E-state index contributed by atoms with van der Waals surface area (Å²) in [6, 6.07) is 9.85. The normalized spacial score (nSPS) is 25.5. The summed E-state index contributed by atoms with van der Waals surface area (Å²) in [7, 11) is 0. The number of pyridine rings is 1. The molecule has 2 unspecified atom stereocenters. The third-order valence-electron chi connectivity index (χ3n) is 6.23. The predicted octanol–water partition coefficient (Wildman–Crippen LogP) is 2.50. The summed E-state index contributed by atoms with van der Waals surface area (Å²) >= 11 is 0. The number of ether oxygens (including phenoxy) is 1. The van der Waals surface area contributed by atoms with Crippen LogP contribution in [-0.2, 0) is 9.53 Å². The number of nitrogens with one attached hydrogen (secondary N) is 2. The first-order chi connectivity index (χ1) is 13.6. The lowest BCUT2D eigenvalue weighted by Gasteiger charge is -2.33. The Bertz CT molecular complexity index is 929. The maximum absolute atomic E-state index is 12.7. The van der Waals surface area contributed by atoms with Crippen molar-refractivity contribution in [2.24, 2.45) is 10.4 Å². The number of carbonyl (C=O) groups excluding carboxylic acids is 1. The molecule has 1 aliphatic carbocycles. The van der Waals surface area contributed by atoms with E-state index in [-0.39, 0.29) is 12.1 Å². The van der Waals surface area contributed by atoms with Crippen LogP contribution in [0.4, 0.5) is 0 Å². The van der Waals surface area contributed by atoms with E-state index in [4.69, 9.17) is 4.74 Å². The van der Waals surface area contributed by atoms with Crippen molar-refractivity contribution in [2.75, 3.05) is 13.1 Å². The van der Waals surface area contributed by atoms with Gasteiger partial charge in [0.2, 0.25) is 5.91 Å². The van der Waals surface area contributed by atoms with Crippen LogP contribution in [0.1, 0.15) is 44.4 Å². The predicted molar refractivity (Wildman–Crippen MR) is 106 cm³/mol. The average Bonchev–Trinajstić information content (AvgIpc) is 3.31. The summed E-state index contributed by atoms with van der Waals surface area (Å²) in [5.41, 5.74) is 8.46. The summed E-state index contributed by atoms with van der Waals surface area (Å²) in [4.78, 5) is 23.5. The maximum Gasteiger partial charge on any atom is 0.302 e. The van der Waals surface area contributed by atoms with Gasteiger partial charge >= 0.3 is 6.02 Å². The van der Waals surface area contributed by atoms with Gasteiger partial charge in [0.05, 0.1) is 5.52 Å². The topological polar surface area (TPSA) is 78.9 Å². The lowest BCUT2D eigenvalue weighted by atomic mass is 9.93. The van der Waals surface area contributed by atoms with Crippen LogP contribution in [0.3, 0.4) is 0 Å². The van der Waals surface area contributed by atoms with Crippen molar-refractivity contribution >= 4 is 22.8 Å². The zero-order valence-electron chi connectivity index (χ0n) is 16.0. The van der Waals surface area contributed by atoms with Gasteiger partial charge in [-0.1, -0.05) is 18.2 Å². The Morgan fingerprint density at radius 3 is 2.89 bits per heavy atom. The third kappa shape index (κ3) is 3.30. The molecular weight excluding hydrogens is 354 g/mol. The fraction of sp³-hybridized carbons (Fsp3) is 0.476. The Morgan fingerprint density at radius 1 is 1.29 bits per heavy atom. The number of rotatable bonds is 3. The van der Waals surface area contributed by atoms with Crippen LogP contribution < -0.4 is 10.9 Å². The van der Waals surface area contributed by atoms with Gasteiger partial charge in [-0.15, -0.1) is 0 Å². The number of nitrogens with zero attached hydrogens (tertiary/aromatic N) is 3. The first-order valence-electron chi connectivity index (χ1n) is 10.0. The van der Waals surface area contributed by atoms with Crippen LogP contribution in [0.2, 0.25) is 0 Å². The molecule has 1 saturated carbocycles. The summed E-state index contributed by atoms with van der Waals surface area (Å²) in [6.45, 7) is 3.54. The van der Waals surface area contributed by atoms with E-state index in [1.165, 1.54) is 12.8 Å². The van der Waals surface area contributed by atoms with Crippen LogP contribution in [0.15, 0.2) is 41.5 Å². The minimum atomic E-state index is -0.463. The molecule has 2 aliphatic heterocycles. The SMILES string of the molecule is CC(N=C1NNC(c2ccc3cccnc3c2)O1)C(=O)N1CCC2(CC1)CC2. The molecule has 7 heteroatoms. The van der Waals surface area contributed by atoms with Crippen molar-refractivity contribution in [2.45, 2.75) is 44.9 Å². The highest BCUT2D eigenvalue weighted by molar-refractivity contribution is 5.85. The largest absolute Gasteiger partial charge is 0.439 e. The Morgan fingerprint density at radius 2 is 2.11 bits per heavy atom. The van der Waals surface area contributed by atoms with Gasteiger partial charge in [0.15, 0.2) is 6.23 Å². The molecule has 146 valence electrons. The highest BCUT2D eigenvalue weighted by Crippen LogP contribution is 2.53. The molecule has 5 rings (SSSR count). The van der Waals surface area contributed by atoms with Crippen LogP contribution >= 0.6 is 0 Å². The second-order valence-electron chi connectivity index (χ2n) is 8.16. The monoisotopic (exact) mass is 379 g/mol. The molecular formula is C21H25N5O2. The molecule has 2 saturated heterocycles. The Kier molecular flexibility index (Phi) is 4.19. The second-order valence-corrected chi connectivity index (χ2v) is 8.16. The molecule has 0 radical (unpaired) electrons. The van der Waals surface area contributed by atoms with Crippen LogP contribution in [0.25, 0.3) is 10.9 Å². The smallest absolute Gasteiger partial charge is 0.302 e. The number of hydrazine groups is 1. The van der Waals surface area contributed by atoms with Crippen molar-refractivity contribution in [1.29, 1.82) is 0 Å². The van der Waals surface area contributed by atoms with Gasteiger partial charge in [-0.3, -0.25) is 15.2 Å². The first kappa shape index (κ1) is 17.4. The highest BCUT2D eigenvalue weighted by atomic mass is 16.5. The van der Waals surface area contributed by atoms with E-state index in [1.54, 1.807) is 6.20 Å². The number of likely N-dealkylation sites (tertiary alicyclic amines) is 1. The Hall–Kier alpha value is -2.67. The van der Waals surface area contributed by atoms with Crippen molar-refractivity contribution in [3.63, 3.8) is 0 Å². The number of hydrogen-bond acceptors (Lipinski definition) is 5. The molecule has 0 bridgehead atoms. The quantitative estimate of drug-likeness (QED) is 0.857. The van der Waals surface area contributed by atoms with Crippen LogP contribution in [0, 0.1) is 5.41 Å². The molecule has 3 heterocycles. The van der Waals surface area contributed by atoms with Gasteiger partial charge < -0.3 is 9.64 Å². The number of hydrogen-bond donors (Lipinski definition) is 2. The number of aromatic nitrogens is 1. The third-order valence-corrected chi connectivity index (χ3v) is 6.23. The van der Waals surface area contributed by atoms with Gasteiger partial charge in [0.25, 0.3) is 0 Å². The van der Waals surface area contributed by atoms with E-state index in [2.05, 4.69) is 20.8 Å². The molecule has 7 nitrogen and oxygen atoms in total. The van der Waals surface area contributed by atoms with E-state index in [1.807, 2.05) is 42.2 Å². The van der Waals surface area contributed by atoms with Crippen molar-refractivity contribution in [3.8, 4) is 0 Å². The number of amides is 1. The molecule has 1 aromatic heterocycles. The summed E-state index contributed by atoms with van der Waals surface area (Å²) in [5.74, 6) is 0.0757. The van der Waals surface area contributed by atoms with E-state index in [0.29, 0.717) is 11.4 Å². The fourth-order valence-corrected chi connectivity index (χ4v) is 4.13. The average molecular weight is 379 g/mol. The summed E-state index contributed by atoms with van der Waals surface area (Å²) < 4.78 is 5.88. The van der Waals surface area contributed by atoms with E-state index >= 15 is 0 Å². The van der Waals surface area contributed by atoms with Crippen molar-refractivity contribution in [3.05, 3.63) is 42.1 Å². The van der Waals surface area contributed by atoms with Crippen LogP contribution in [0.5, 0.6) is 0 Å². The molecule has 2 atom stereocenters. The first-order valence-corrected chi connectivity index (χ1v) is 10.0. The van der Waals surface area contributed by atoms with Crippen molar-refractivity contribution < 1.29 is 9.53 Å². The molecule has 3 aliphatic rings. The molecule has 3 fully saturated rings. The number of fused-ring (bicyclic) bond motifs is 1. The van der Waals surface area contributed by atoms with E-state index < -0.39 is 6.04 Å². The zero-order valence-corrected chi connectivity index (χ0v) is 16.0. The van der Waals surface area contributed by atoms with Crippen molar-refractivity contribution in [1.82, 2.24) is 20.7 Å². The molecule has 28 heavy (non-hydrogen) atoms. The number of benzene rings is 1. The van der Waals surface area contributed by atoms with E-state index in [0.717, 1.165) is 42.4 Å². The van der Waals surface area contributed by atoms with E-state index in [9.17, 15) is 4.79 Å². The standard InChI is InChI=1S/C21H25N5O2/c1-14(19(27)26-11-8-21(6-7-21)9-12-26)23-20-25-24-18(28-20)16-5-4-15-3-2-10-22-17(15)13-16/h2-5,10,13-14,18,24H,6-9,11-12H2,1H3,(H,23,25). The molecule has 2 aromatic rings. The molecule has 1 aromatic carbocycles. The van der Waals surface area contributed by atoms with Crippen LogP contribution in [-0.4, -0.2) is 40.9 Å². The Balaban J connectivity index is 1.23. The molecule has 2 N–H and O–H groups in total. The number of aliphatic imine (C=N–C) groups is 1. The summed E-state index contributed by atoms with van der Waals surface area (Å²) in [6.07, 6.45) is 6.35. The van der Waals surface area contributed by atoms with Gasteiger partial charge in [0, 0.05) is 30.2 Å². The summed E-state index contributed by atoms with van der Waals surface area (Å²) in [5, 5.41) is 1.08. The number of piperidine rings is 1. The van der Waals surface area contributed by atoms with Gasteiger partial charge in [-0.25, -0.2) is 4.99 Å². The lowest BCUT2D eigenvalue weighted by molar-refractivity contribution is -0.133. The lowest BCUT2D eigenvalue weighted by Crippen LogP contribution is -2.43. The van der Waals surface area contributed by atoms with Gasteiger partial charge in [0.1, 0.15) is 6.04 Å². The molecule has 1 spiro atoms. The highest BCUT2D eigenvalue weighted by Gasteiger charge is 2.45. The second kappa shape index (κ2) is 6.74. The Labute approximate surface area is 164 Å². The zero-order chi connectivity index (χ0) is 19.1. The minimum absolute atomic E-state index is 0.0757. The molecule has 1 amide bonds. The number of amidine groups is 1. The minimum Gasteiger partial charge on any atom is -0.439 e. The fourth-order valence-electron chi connectivity index (χ4n) is 4.13. The van der Waals surface area contributed by atoms with Gasteiger partial charge in [-0.05, 0) is 50.2 Å². The number of carbonyl (C=O) groups is 1.